The molecule has 134 valence electrons. The molecule has 0 heterocycles. The second-order valence-corrected chi connectivity index (χ2v) is 10.3. The minimum atomic E-state index is -0.818. The topological polar surface area (TPSA) is 49.3 Å². The number of hydrogen-bond acceptors (Lipinski definition) is 5. The van der Waals surface area contributed by atoms with Crippen molar-refractivity contribution in [2.75, 3.05) is 13.2 Å². The summed E-state index contributed by atoms with van der Waals surface area (Å²) in [6.45, 7) is 9.94. The highest BCUT2D eigenvalue weighted by atomic mass is 32.2. The van der Waals surface area contributed by atoms with Gasteiger partial charge in [0.2, 0.25) is 5.91 Å². The molecule has 0 spiro atoms. The molecule has 0 aliphatic rings. The van der Waals surface area contributed by atoms with Crippen LogP contribution in [-0.2, 0) is 4.79 Å². The quantitative estimate of drug-likeness (QED) is 0.495. The summed E-state index contributed by atoms with van der Waals surface area (Å²) >= 11 is 11.8. The second kappa shape index (κ2) is 8.21. The molecule has 0 fully saturated rings. The molecule has 1 amide bonds. The number of aliphatic hydroxyl groups is 1. The predicted octanol–water partition coefficient (Wildman–Crippen LogP) is 3.70. The van der Waals surface area contributed by atoms with Gasteiger partial charge >= 0.3 is 0 Å². The first-order valence-corrected chi connectivity index (χ1v) is 9.54. The van der Waals surface area contributed by atoms with Crippen LogP contribution in [0.4, 0.5) is 0 Å². The van der Waals surface area contributed by atoms with E-state index in [1.165, 1.54) is 11.8 Å². The SMILES string of the molecule is CC(C)(S)C(C)(C(=O)NCCO)C(C)(C)SC(=S)c1ccccc1. The molecule has 0 bridgehead atoms. The summed E-state index contributed by atoms with van der Waals surface area (Å²) in [5.41, 5.74) is 0.155. The van der Waals surface area contributed by atoms with Crippen LogP contribution in [0.1, 0.15) is 40.2 Å². The molecule has 2 N–H and O–H groups in total. The molecule has 3 nitrogen and oxygen atoms in total. The van der Waals surface area contributed by atoms with E-state index in [0.29, 0.717) is 0 Å². The van der Waals surface area contributed by atoms with E-state index in [0.717, 1.165) is 9.76 Å². The molecule has 0 aliphatic carbocycles. The maximum atomic E-state index is 12.9. The first-order valence-electron chi connectivity index (χ1n) is 7.87. The molecule has 0 aliphatic heterocycles. The lowest BCUT2D eigenvalue weighted by Gasteiger charge is -2.50. The summed E-state index contributed by atoms with van der Waals surface area (Å²) < 4.78 is -0.348. The van der Waals surface area contributed by atoms with Crippen molar-refractivity contribution in [1.82, 2.24) is 5.32 Å². The molecule has 0 aromatic heterocycles. The summed E-state index contributed by atoms with van der Waals surface area (Å²) in [5.74, 6) is -0.134. The van der Waals surface area contributed by atoms with Crippen molar-refractivity contribution in [2.24, 2.45) is 5.41 Å². The predicted molar refractivity (Wildman–Crippen MR) is 111 cm³/mol. The first kappa shape index (κ1) is 21.5. The number of nitrogens with one attached hydrogen (secondary N) is 1. The molecule has 6 heteroatoms. The molecular weight excluding hydrogens is 358 g/mol. The van der Waals surface area contributed by atoms with Crippen LogP contribution >= 0.6 is 36.6 Å². The number of hydrogen-bond donors (Lipinski definition) is 3. The van der Waals surface area contributed by atoms with Gasteiger partial charge in [0.1, 0.15) is 0 Å². The fraction of sp³-hybridized carbons (Fsp3) is 0.556. The summed E-state index contributed by atoms with van der Waals surface area (Å²) in [6, 6.07) is 9.79. The number of amides is 1. The molecule has 1 aromatic carbocycles. The third-order valence-corrected chi connectivity index (χ3v) is 6.91. The van der Waals surface area contributed by atoms with E-state index in [9.17, 15) is 4.79 Å². The normalized spacial score (nSPS) is 14.8. The Morgan fingerprint density at radius 2 is 1.75 bits per heavy atom. The summed E-state index contributed by atoms with van der Waals surface area (Å²) in [4.78, 5) is 12.9. The molecule has 1 rings (SSSR count). The van der Waals surface area contributed by atoms with Gasteiger partial charge in [0, 0.05) is 16.0 Å². The number of thiocarbonyl (C=S) groups is 1. The molecular formula is C18H27NO2S3. The van der Waals surface area contributed by atoms with Gasteiger partial charge in [0.15, 0.2) is 0 Å². The van der Waals surface area contributed by atoms with Gasteiger partial charge in [-0.3, -0.25) is 4.79 Å². The van der Waals surface area contributed by atoms with Crippen molar-refractivity contribution in [3.63, 3.8) is 0 Å². The van der Waals surface area contributed by atoms with Crippen molar-refractivity contribution in [3.05, 3.63) is 35.9 Å². The van der Waals surface area contributed by atoms with Crippen LogP contribution in [0, 0.1) is 5.41 Å². The van der Waals surface area contributed by atoms with E-state index in [1.807, 2.05) is 65.0 Å². The molecule has 1 atom stereocenters. The zero-order chi connectivity index (χ0) is 18.6. The van der Waals surface area contributed by atoms with E-state index < -0.39 is 14.9 Å². The fourth-order valence-corrected chi connectivity index (χ4v) is 5.09. The molecule has 24 heavy (non-hydrogen) atoms. The largest absolute Gasteiger partial charge is 0.395 e. The number of thiol groups is 1. The van der Waals surface area contributed by atoms with Gasteiger partial charge in [0.25, 0.3) is 0 Å². The lowest BCUT2D eigenvalue weighted by molar-refractivity contribution is -0.133. The average Bonchev–Trinajstić information content (AvgIpc) is 2.50. The molecule has 1 aromatic rings. The van der Waals surface area contributed by atoms with Crippen LogP contribution < -0.4 is 5.32 Å². The Morgan fingerprint density at radius 3 is 2.21 bits per heavy atom. The lowest BCUT2D eigenvalue weighted by atomic mass is 9.68. The zero-order valence-electron chi connectivity index (χ0n) is 14.9. The van der Waals surface area contributed by atoms with E-state index in [2.05, 4.69) is 5.32 Å². The van der Waals surface area contributed by atoms with Crippen LogP contribution in [0.25, 0.3) is 0 Å². The van der Waals surface area contributed by atoms with Gasteiger partial charge in [-0.25, -0.2) is 0 Å². The zero-order valence-corrected chi connectivity index (χ0v) is 17.4. The van der Waals surface area contributed by atoms with Crippen molar-refractivity contribution in [3.8, 4) is 0 Å². The monoisotopic (exact) mass is 385 g/mol. The number of carbonyl (C=O) groups excluding carboxylic acids is 1. The number of benzene rings is 1. The minimum absolute atomic E-state index is 0.0924. The third kappa shape index (κ3) is 4.54. The lowest BCUT2D eigenvalue weighted by Crippen LogP contribution is -2.60. The van der Waals surface area contributed by atoms with Crippen LogP contribution in [0.15, 0.2) is 30.3 Å². The Morgan fingerprint density at radius 1 is 1.21 bits per heavy atom. The maximum absolute atomic E-state index is 12.9. The first-order chi connectivity index (χ1) is 11.0. The Kier molecular flexibility index (Phi) is 7.35. The average molecular weight is 386 g/mol. The molecule has 0 saturated heterocycles. The number of thioether (sulfide) groups is 1. The van der Waals surface area contributed by atoms with Gasteiger partial charge in [-0.15, -0.1) is 11.8 Å². The number of aliphatic hydroxyl groups excluding tert-OH is 1. The maximum Gasteiger partial charge on any atom is 0.228 e. The van der Waals surface area contributed by atoms with Crippen molar-refractivity contribution < 1.29 is 9.90 Å². The highest BCUT2D eigenvalue weighted by Crippen LogP contribution is 2.52. The van der Waals surface area contributed by atoms with Gasteiger partial charge in [-0.1, -0.05) is 42.5 Å². The highest BCUT2D eigenvalue weighted by molar-refractivity contribution is 8.24. The van der Waals surface area contributed by atoms with Gasteiger partial charge < -0.3 is 10.4 Å². The highest BCUT2D eigenvalue weighted by Gasteiger charge is 2.56. The molecule has 0 radical (unpaired) electrons. The fourth-order valence-electron chi connectivity index (χ4n) is 2.60. The summed E-state index contributed by atoms with van der Waals surface area (Å²) in [5, 5.41) is 11.8. The van der Waals surface area contributed by atoms with Crippen LogP contribution in [-0.4, -0.2) is 37.9 Å². The van der Waals surface area contributed by atoms with Gasteiger partial charge in [0.05, 0.1) is 16.2 Å². The number of rotatable bonds is 7. The van der Waals surface area contributed by atoms with E-state index >= 15 is 0 Å². The summed E-state index contributed by atoms with van der Waals surface area (Å²) in [6.07, 6.45) is 0. The Balaban J connectivity index is 3.16. The van der Waals surface area contributed by atoms with Crippen molar-refractivity contribution >= 4 is 46.7 Å². The summed E-state index contributed by atoms with van der Waals surface area (Å²) in [7, 11) is 0. The molecule has 0 saturated carbocycles. The van der Waals surface area contributed by atoms with Gasteiger partial charge in [-0.2, -0.15) is 12.6 Å². The Labute approximate surface area is 160 Å². The molecule has 1 unspecified atom stereocenters. The van der Waals surface area contributed by atoms with Gasteiger partial charge in [-0.05, 0) is 40.2 Å². The minimum Gasteiger partial charge on any atom is -0.395 e. The smallest absolute Gasteiger partial charge is 0.228 e. The van der Waals surface area contributed by atoms with Crippen molar-refractivity contribution in [1.29, 1.82) is 0 Å². The Hall–Kier alpha value is -0.560. The standard InChI is InChI=1S/C18H27NO2S3/c1-16(2,23)18(5,15(21)19-11-12-20)17(3,4)24-14(22)13-9-7-6-8-10-13/h6-10,20,23H,11-12H2,1-5H3,(H,19,21). The van der Waals surface area contributed by atoms with Crippen LogP contribution in [0.3, 0.4) is 0 Å². The van der Waals surface area contributed by atoms with E-state index in [4.69, 9.17) is 30.0 Å². The van der Waals surface area contributed by atoms with E-state index in [-0.39, 0.29) is 19.1 Å². The third-order valence-electron chi connectivity index (χ3n) is 4.64. The second-order valence-electron chi connectivity index (χ2n) is 6.93. The van der Waals surface area contributed by atoms with Crippen LogP contribution in [0.5, 0.6) is 0 Å². The number of carbonyl (C=O) groups is 1. The van der Waals surface area contributed by atoms with Crippen molar-refractivity contribution in [2.45, 2.75) is 44.1 Å². The van der Waals surface area contributed by atoms with Crippen LogP contribution in [0.2, 0.25) is 0 Å². The Bertz CT molecular complexity index is 582. The van der Waals surface area contributed by atoms with E-state index in [1.54, 1.807) is 0 Å².